The van der Waals surface area contributed by atoms with Gasteiger partial charge in [-0.3, -0.25) is 4.79 Å². The largest absolute Gasteiger partial charge is 0.467 e. The normalized spacial score (nSPS) is 10.4. The van der Waals surface area contributed by atoms with Gasteiger partial charge in [0, 0.05) is 11.1 Å². The molecule has 1 N–H and O–H groups in total. The Labute approximate surface area is 114 Å². The smallest absolute Gasteiger partial charge is 0.251 e. The maximum atomic E-state index is 11.9. The van der Waals surface area contributed by atoms with E-state index in [0.717, 1.165) is 5.56 Å². The summed E-state index contributed by atoms with van der Waals surface area (Å²) in [5.41, 5.74) is 1.32. The Morgan fingerprint density at radius 3 is 2.65 bits per heavy atom. The lowest BCUT2D eigenvalue weighted by atomic mass is 10.1. The summed E-state index contributed by atoms with van der Waals surface area (Å²) in [7, 11) is 0. The lowest BCUT2D eigenvalue weighted by Crippen LogP contribution is -2.22. The minimum Gasteiger partial charge on any atom is -0.467 e. The van der Waals surface area contributed by atoms with E-state index < -0.39 is 0 Å². The summed E-state index contributed by atoms with van der Waals surface area (Å²) in [4.78, 5) is 11.9. The monoisotopic (exact) mass is 269 g/mol. The maximum absolute atomic E-state index is 11.9. The highest BCUT2D eigenvalue weighted by Crippen LogP contribution is 2.16. The molecular formula is C14H11N3O3. The van der Waals surface area contributed by atoms with Crippen LogP contribution in [0.2, 0.25) is 0 Å². The van der Waals surface area contributed by atoms with Crippen molar-refractivity contribution in [3.8, 4) is 11.5 Å². The molecular weight excluding hydrogens is 258 g/mol. The van der Waals surface area contributed by atoms with Crippen molar-refractivity contribution >= 4 is 5.91 Å². The number of nitrogens with zero attached hydrogens (tertiary/aromatic N) is 2. The molecule has 0 unspecified atom stereocenters. The van der Waals surface area contributed by atoms with Crippen LogP contribution in [0.3, 0.4) is 0 Å². The van der Waals surface area contributed by atoms with Crippen molar-refractivity contribution in [3.05, 3.63) is 60.4 Å². The first-order chi connectivity index (χ1) is 9.83. The van der Waals surface area contributed by atoms with Crippen molar-refractivity contribution in [3.63, 3.8) is 0 Å². The van der Waals surface area contributed by atoms with Crippen LogP contribution in [0, 0.1) is 0 Å². The number of amides is 1. The van der Waals surface area contributed by atoms with E-state index >= 15 is 0 Å². The van der Waals surface area contributed by atoms with E-state index in [1.165, 1.54) is 6.39 Å². The van der Waals surface area contributed by atoms with Gasteiger partial charge in [-0.2, -0.15) is 0 Å². The van der Waals surface area contributed by atoms with Gasteiger partial charge in [0.2, 0.25) is 12.3 Å². The molecule has 2 aromatic heterocycles. The van der Waals surface area contributed by atoms with Crippen molar-refractivity contribution in [2.45, 2.75) is 6.54 Å². The van der Waals surface area contributed by atoms with Crippen molar-refractivity contribution < 1.29 is 13.6 Å². The van der Waals surface area contributed by atoms with Gasteiger partial charge >= 0.3 is 0 Å². The van der Waals surface area contributed by atoms with Crippen LogP contribution in [0.15, 0.2) is 57.9 Å². The summed E-state index contributed by atoms with van der Waals surface area (Å²) in [6.07, 6.45) is 2.83. The summed E-state index contributed by atoms with van der Waals surface area (Å²) in [5, 5.41) is 10.2. The van der Waals surface area contributed by atoms with Gasteiger partial charge in [0.1, 0.15) is 5.76 Å². The Kier molecular flexibility index (Phi) is 3.28. The van der Waals surface area contributed by atoms with Crippen LogP contribution in [0.5, 0.6) is 0 Å². The number of carbonyl (C=O) groups is 1. The van der Waals surface area contributed by atoms with E-state index in [0.29, 0.717) is 23.8 Å². The number of hydrogen-bond donors (Lipinski definition) is 1. The molecule has 0 bridgehead atoms. The molecule has 3 aromatic rings. The molecule has 20 heavy (non-hydrogen) atoms. The van der Waals surface area contributed by atoms with Gasteiger partial charge in [0.15, 0.2) is 0 Å². The number of benzene rings is 1. The zero-order valence-corrected chi connectivity index (χ0v) is 10.4. The first-order valence-corrected chi connectivity index (χ1v) is 6.00. The second-order valence-corrected chi connectivity index (χ2v) is 4.08. The Morgan fingerprint density at radius 2 is 2.00 bits per heavy atom. The maximum Gasteiger partial charge on any atom is 0.251 e. The molecule has 0 atom stereocenters. The molecule has 0 aliphatic rings. The number of nitrogens with one attached hydrogen (secondary N) is 1. The summed E-state index contributed by atoms with van der Waals surface area (Å²) in [5.74, 6) is 0.965. The van der Waals surface area contributed by atoms with E-state index in [1.54, 1.807) is 42.7 Å². The van der Waals surface area contributed by atoms with Crippen molar-refractivity contribution in [2.75, 3.05) is 0 Å². The molecule has 6 heteroatoms. The van der Waals surface area contributed by atoms with E-state index in [2.05, 4.69) is 15.5 Å². The zero-order chi connectivity index (χ0) is 13.8. The van der Waals surface area contributed by atoms with Crippen LogP contribution < -0.4 is 5.32 Å². The third kappa shape index (κ3) is 2.59. The first kappa shape index (κ1) is 12.2. The van der Waals surface area contributed by atoms with Gasteiger partial charge in [-0.15, -0.1) is 10.2 Å². The highest BCUT2D eigenvalue weighted by molar-refractivity contribution is 5.94. The molecule has 100 valence electrons. The summed E-state index contributed by atoms with van der Waals surface area (Å²) in [6, 6.07) is 10.5. The lowest BCUT2D eigenvalue weighted by molar-refractivity contribution is 0.0948. The number of aromatic nitrogens is 2. The topological polar surface area (TPSA) is 81.2 Å². The van der Waals surface area contributed by atoms with E-state index in [4.69, 9.17) is 8.83 Å². The van der Waals surface area contributed by atoms with Crippen LogP contribution in [0.4, 0.5) is 0 Å². The number of furan rings is 1. The predicted molar refractivity (Wildman–Crippen MR) is 69.6 cm³/mol. The van der Waals surface area contributed by atoms with Crippen LogP contribution in [-0.4, -0.2) is 16.1 Å². The quantitative estimate of drug-likeness (QED) is 0.785. The lowest BCUT2D eigenvalue weighted by Gasteiger charge is -2.03. The molecule has 0 radical (unpaired) electrons. The molecule has 1 amide bonds. The zero-order valence-electron chi connectivity index (χ0n) is 10.4. The summed E-state index contributed by atoms with van der Waals surface area (Å²) >= 11 is 0. The summed E-state index contributed by atoms with van der Waals surface area (Å²) in [6.45, 7) is 0.358. The number of carbonyl (C=O) groups excluding carboxylic acids is 1. The van der Waals surface area contributed by atoms with Crippen LogP contribution in [0.1, 0.15) is 16.1 Å². The Balaban J connectivity index is 1.66. The molecule has 0 saturated heterocycles. The molecule has 0 saturated carbocycles. The van der Waals surface area contributed by atoms with E-state index in [9.17, 15) is 4.79 Å². The fourth-order valence-corrected chi connectivity index (χ4v) is 1.75. The van der Waals surface area contributed by atoms with E-state index in [-0.39, 0.29) is 5.91 Å². The fourth-order valence-electron chi connectivity index (χ4n) is 1.75. The fraction of sp³-hybridized carbons (Fsp3) is 0.0714. The number of rotatable bonds is 4. The van der Waals surface area contributed by atoms with Crippen molar-refractivity contribution in [1.29, 1.82) is 0 Å². The molecule has 0 fully saturated rings. The average molecular weight is 269 g/mol. The Hall–Kier alpha value is -2.89. The molecule has 3 rings (SSSR count). The van der Waals surface area contributed by atoms with Crippen molar-refractivity contribution in [1.82, 2.24) is 15.5 Å². The van der Waals surface area contributed by atoms with Gasteiger partial charge in [-0.05, 0) is 36.4 Å². The highest BCUT2D eigenvalue weighted by Gasteiger charge is 2.08. The molecule has 0 spiro atoms. The predicted octanol–water partition coefficient (Wildman–Crippen LogP) is 2.26. The second-order valence-electron chi connectivity index (χ2n) is 4.08. The van der Waals surface area contributed by atoms with Crippen molar-refractivity contribution in [2.24, 2.45) is 0 Å². The van der Waals surface area contributed by atoms with Gasteiger partial charge in [-0.1, -0.05) is 0 Å². The van der Waals surface area contributed by atoms with Crippen LogP contribution in [0.25, 0.3) is 11.5 Å². The molecule has 1 aromatic carbocycles. The Morgan fingerprint density at radius 1 is 1.15 bits per heavy atom. The van der Waals surface area contributed by atoms with Gasteiger partial charge in [0.05, 0.1) is 12.8 Å². The minimum absolute atomic E-state index is 0.168. The molecule has 2 heterocycles. The SMILES string of the molecule is O=C(NCc1ccco1)c1ccc(-c2nnco2)cc1. The van der Waals surface area contributed by atoms with Crippen LogP contribution in [-0.2, 0) is 6.54 Å². The summed E-state index contributed by atoms with van der Waals surface area (Å²) < 4.78 is 10.2. The average Bonchev–Trinajstić information content (AvgIpc) is 3.18. The third-order valence-corrected chi connectivity index (χ3v) is 2.76. The van der Waals surface area contributed by atoms with Gasteiger partial charge in [0.25, 0.3) is 5.91 Å². The number of hydrogen-bond acceptors (Lipinski definition) is 5. The Bertz CT molecular complexity index is 673. The minimum atomic E-state index is -0.168. The molecule has 0 aliphatic heterocycles. The second kappa shape index (κ2) is 5.40. The molecule has 6 nitrogen and oxygen atoms in total. The molecule has 0 aliphatic carbocycles. The highest BCUT2D eigenvalue weighted by atomic mass is 16.4. The van der Waals surface area contributed by atoms with Crippen LogP contribution >= 0.6 is 0 Å². The van der Waals surface area contributed by atoms with Gasteiger partial charge < -0.3 is 14.2 Å². The third-order valence-electron chi connectivity index (χ3n) is 2.76. The standard InChI is InChI=1S/C14H11N3O3/c18-13(15-8-12-2-1-7-19-12)10-3-5-11(6-4-10)14-17-16-9-20-14/h1-7,9H,8H2,(H,15,18). The van der Waals surface area contributed by atoms with E-state index in [1.807, 2.05) is 0 Å². The van der Waals surface area contributed by atoms with Gasteiger partial charge in [-0.25, -0.2) is 0 Å². The first-order valence-electron chi connectivity index (χ1n) is 6.00.